The van der Waals surface area contributed by atoms with Crippen molar-refractivity contribution in [2.24, 2.45) is 5.92 Å². The number of hydrogen-bond acceptors (Lipinski definition) is 3. The molecule has 0 spiro atoms. The SMILES string of the molecule is CC1CCCN(C(=O)C(=O)N2CCOCC2)C1. The van der Waals surface area contributed by atoms with Gasteiger partial charge in [-0.1, -0.05) is 6.92 Å². The molecule has 5 nitrogen and oxygen atoms in total. The number of carbonyl (C=O) groups excluding carboxylic acids is 2. The van der Waals surface area contributed by atoms with Crippen LogP contribution in [-0.2, 0) is 14.3 Å². The van der Waals surface area contributed by atoms with E-state index in [2.05, 4.69) is 6.92 Å². The molecule has 2 fully saturated rings. The number of carbonyl (C=O) groups is 2. The Morgan fingerprint density at radius 3 is 2.35 bits per heavy atom. The van der Waals surface area contributed by atoms with Gasteiger partial charge in [-0.2, -0.15) is 0 Å². The average Bonchev–Trinajstić information content (AvgIpc) is 2.38. The second-order valence-electron chi connectivity index (χ2n) is 4.90. The van der Waals surface area contributed by atoms with Gasteiger partial charge in [0, 0.05) is 26.2 Å². The van der Waals surface area contributed by atoms with E-state index >= 15 is 0 Å². The van der Waals surface area contributed by atoms with E-state index in [9.17, 15) is 9.59 Å². The molecule has 2 amide bonds. The largest absolute Gasteiger partial charge is 0.378 e. The molecule has 1 unspecified atom stereocenters. The predicted octanol–water partition coefficient (Wildman–Crippen LogP) is 0.104. The molecule has 17 heavy (non-hydrogen) atoms. The second-order valence-corrected chi connectivity index (χ2v) is 4.90. The Kier molecular flexibility index (Phi) is 3.99. The first-order valence-corrected chi connectivity index (χ1v) is 6.34. The lowest BCUT2D eigenvalue weighted by atomic mass is 10.0. The molecule has 0 aromatic rings. The van der Waals surface area contributed by atoms with Gasteiger partial charge in [0.1, 0.15) is 0 Å². The summed E-state index contributed by atoms with van der Waals surface area (Å²) >= 11 is 0. The fourth-order valence-electron chi connectivity index (χ4n) is 2.41. The lowest BCUT2D eigenvalue weighted by Gasteiger charge is -2.33. The molecule has 0 aromatic carbocycles. The highest BCUT2D eigenvalue weighted by Crippen LogP contribution is 2.16. The summed E-state index contributed by atoms with van der Waals surface area (Å²) in [7, 11) is 0. The fraction of sp³-hybridized carbons (Fsp3) is 0.833. The van der Waals surface area contributed by atoms with Gasteiger partial charge in [-0.05, 0) is 18.8 Å². The van der Waals surface area contributed by atoms with Gasteiger partial charge in [0.2, 0.25) is 0 Å². The third-order valence-corrected chi connectivity index (χ3v) is 3.43. The molecule has 96 valence electrons. The molecule has 1 atom stereocenters. The average molecular weight is 240 g/mol. The van der Waals surface area contributed by atoms with Gasteiger partial charge >= 0.3 is 11.8 Å². The maximum Gasteiger partial charge on any atom is 0.312 e. The van der Waals surface area contributed by atoms with E-state index < -0.39 is 0 Å². The van der Waals surface area contributed by atoms with Crippen molar-refractivity contribution in [2.75, 3.05) is 39.4 Å². The number of amides is 2. The van der Waals surface area contributed by atoms with Crippen LogP contribution in [0.4, 0.5) is 0 Å². The van der Waals surface area contributed by atoms with Crippen molar-refractivity contribution in [1.82, 2.24) is 9.80 Å². The van der Waals surface area contributed by atoms with E-state index in [0.717, 1.165) is 25.9 Å². The van der Waals surface area contributed by atoms with Gasteiger partial charge in [0.15, 0.2) is 0 Å². The van der Waals surface area contributed by atoms with Crippen LogP contribution in [0.5, 0.6) is 0 Å². The molecule has 5 heteroatoms. The monoisotopic (exact) mass is 240 g/mol. The molecule has 0 N–H and O–H groups in total. The summed E-state index contributed by atoms with van der Waals surface area (Å²) in [6.07, 6.45) is 2.15. The van der Waals surface area contributed by atoms with Crippen LogP contribution >= 0.6 is 0 Å². The van der Waals surface area contributed by atoms with E-state index in [4.69, 9.17) is 4.74 Å². The summed E-state index contributed by atoms with van der Waals surface area (Å²) in [5, 5.41) is 0. The Balaban J connectivity index is 1.91. The number of morpholine rings is 1. The zero-order valence-electron chi connectivity index (χ0n) is 10.4. The smallest absolute Gasteiger partial charge is 0.312 e. The van der Waals surface area contributed by atoms with E-state index in [1.54, 1.807) is 9.80 Å². The van der Waals surface area contributed by atoms with E-state index in [-0.39, 0.29) is 11.8 Å². The first-order chi connectivity index (χ1) is 8.18. The summed E-state index contributed by atoms with van der Waals surface area (Å²) in [6, 6.07) is 0. The Morgan fingerprint density at radius 1 is 1.06 bits per heavy atom. The lowest BCUT2D eigenvalue weighted by Crippen LogP contribution is -2.51. The standard InChI is InChI=1S/C12H20N2O3/c1-10-3-2-4-14(9-10)12(16)11(15)13-5-7-17-8-6-13/h10H,2-9H2,1H3. The third-order valence-electron chi connectivity index (χ3n) is 3.43. The summed E-state index contributed by atoms with van der Waals surface area (Å²) in [5.41, 5.74) is 0. The van der Waals surface area contributed by atoms with Gasteiger partial charge in [-0.3, -0.25) is 9.59 Å². The van der Waals surface area contributed by atoms with Crippen LogP contribution in [0.1, 0.15) is 19.8 Å². The zero-order valence-corrected chi connectivity index (χ0v) is 10.4. The number of nitrogens with zero attached hydrogens (tertiary/aromatic N) is 2. The minimum absolute atomic E-state index is 0.335. The van der Waals surface area contributed by atoms with Crippen LogP contribution in [0.3, 0.4) is 0 Å². The first kappa shape index (κ1) is 12.4. The summed E-state index contributed by atoms with van der Waals surface area (Å²) < 4.78 is 5.17. The molecule has 0 bridgehead atoms. The van der Waals surface area contributed by atoms with Crippen LogP contribution in [0.15, 0.2) is 0 Å². The summed E-state index contributed by atoms with van der Waals surface area (Å²) in [6.45, 7) is 5.71. The van der Waals surface area contributed by atoms with Crippen molar-refractivity contribution in [3.63, 3.8) is 0 Å². The first-order valence-electron chi connectivity index (χ1n) is 6.34. The van der Waals surface area contributed by atoms with Gasteiger partial charge in [-0.15, -0.1) is 0 Å². The van der Waals surface area contributed by atoms with E-state index in [0.29, 0.717) is 32.2 Å². The van der Waals surface area contributed by atoms with Crippen molar-refractivity contribution in [1.29, 1.82) is 0 Å². The van der Waals surface area contributed by atoms with Crippen molar-refractivity contribution >= 4 is 11.8 Å². The molecule has 0 radical (unpaired) electrons. The van der Waals surface area contributed by atoms with Gasteiger partial charge in [0.05, 0.1) is 13.2 Å². The number of likely N-dealkylation sites (tertiary alicyclic amines) is 1. The number of rotatable bonds is 0. The number of hydrogen-bond donors (Lipinski definition) is 0. The maximum absolute atomic E-state index is 12.0. The fourth-order valence-corrected chi connectivity index (χ4v) is 2.41. The highest BCUT2D eigenvalue weighted by molar-refractivity contribution is 6.34. The molecular formula is C12H20N2O3. The molecule has 2 heterocycles. The molecule has 0 saturated carbocycles. The molecule has 0 aliphatic carbocycles. The molecular weight excluding hydrogens is 220 g/mol. The molecule has 2 rings (SSSR count). The number of piperidine rings is 1. The van der Waals surface area contributed by atoms with Gasteiger partial charge in [0.25, 0.3) is 0 Å². The van der Waals surface area contributed by atoms with Crippen LogP contribution in [-0.4, -0.2) is 61.0 Å². The normalized spacial score (nSPS) is 25.8. The Labute approximate surface area is 102 Å². The van der Waals surface area contributed by atoms with Crippen molar-refractivity contribution in [3.8, 4) is 0 Å². The Bertz CT molecular complexity index is 300. The van der Waals surface area contributed by atoms with Gasteiger partial charge in [-0.25, -0.2) is 0 Å². The number of ether oxygens (including phenoxy) is 1. The Morgan fingerprint density at radius 2 is 1.71 bits per heavy atom. The highest BCUT2D eigenvalue weighted by Gasteiger charge is 2.30. The molecule has 2 saturated heterocycles. The van der Waals surface area contributed by atoms with Crippen molar-refractivity contribution in [3.05, 3.63) is 0 Å². The van der Waals surface area contributed by atoms with Crippen LogP contribution in [0.25, 0.3) is 0 Å². The molecule has 0 aromatic heterocycles. The molecule has 2 aliphatic rings. The van der Waals surface area contributed by atoms with E-state index in [1.807, 2.05) is 0 Å². The Hall–Kier alpha value is -1.10. The highest BCUT2D eigenvalue weighted by atomic mass is 16.5. The third kappa shape index (κ3) is 2.97. The topological polar surface area (TPSA) is 49.9 Å². The maximum atomic E-state index is 12.0. The van der Waals surface area contributed by atoms with Crippen LogP contribution in [0.2, 0.25) is 0 Å². The second kappa shape index (κ2) is 5.49. The minimum Gasteiger partial charge on any atom is -0.378 e. The van der Waals surface area contributed by atoms with Gasteiger partial charge < -0.3 is 14.5 Å². The zero-order chi connectivity index (χ0) is 12.3. The predicted molar refractivity (Wildman–Crippen MR) is 62.4 cm³/mol. The minimum atomic E-state index is -0.359. The lowest BCUT2D eigenvalue weighted by molar-refractivity contribution is -0.155. The summed E-state index contributed by atoms with van der Waals surface area (Å²) in [5.74, 6) is -0.189. The van der Waals surface area contributed by atoms with E-state index in [1.165, 1.54) is 0 Å². The van der Waals surface area contributed by atoms with Crippen LogP contribution in [0, 0.1) is 5.92 Å². The quantitative estimate of drug-likeness (QED) is 0.564. The van der Waals surface area contributed by atoms with Crippen molar-refractivity contribution < 1.29 is 14.3 Å². The summed E-state index contributed by atoms with van der Waals surface area (Å²) in [4.78, 5) is 27.3. The van der Waals surface area contributed by atoms with Crippen LogP contribution < -0.4 is 0 Å². The van der Waals surface area contributed by atoms with Crippen molar-refractivity contribution in [2.45, 2.75) is 19.8 Å². The molecule has 2 aliphatic heterocycles.